The predicted molar refractivity (Wildman–Crippen MR) is 119 cm³/mol. The Bertz CT molecular complexity index is 1400. The average molecular weight is 447 g/mol. The minimum atomic E-state index is -2.84. The summed E-state index contributed by atoms with van der Waals surface area (Å²) >= 11 is 0. The van der Waals surface area contributed by atoms with Crippen molar-refractivity contribution in [1.82, 2.24) is 29.4 Å². The van der Waals surface area contributed by atoms with Crippen molar-refractivity contribution in [3.05, 3.63) is 84.6 Å². The predicted octanol–water partition coefficient (Wildman–Crippen LogP) is 4.46. The zero-order chi connectivity index (χ0) is 22.8. The number of aromatic nitrogens is 6. The summed E-state index contributed by atoms with van der Waals surface area (Å²) in [5, 5.41) is 16.0. The third-order valence-electron chi connectivity index (χ3n) is 5.16. The maximum atomic E-state index is 12.3. The molecule has 0 aliphatic carbocycles. The quantitative estimate of drug-likeness (QED) is 0.397. The van der Waals surface area contributed by atoms with E-state index < -0.39 is 6.61 Å². The van der Waals surface area contributed by atoms with Crippen LogP contribution in [0.2, 0.25) is 0 Å². The number of alkyl halides is 2. The van der Waals surface area contributed by atoms with Gasteiger partial charge >= 0.3 is 6.61 Å². The number of ether oxygens (including phenoxy) is 1. The summed E-state index contributed by atoms with van der Waals surface area (Å²) in [4.78, 5) is 4.38. The van der Waals surface area contributed by atoms with Crippen LogP contribution < -0.4 is 10.1 Å². The normalized spacial score (nSPS) is 11.3. The van der Waals surface area contributed by atoms with Gasteiger partial charge in [-0.1, -0.05) is 12.1 Å². The number of hydrogen-bond acceptors (Lipinski definition) is 6. The first kappa shape index (κ1) is 20.6. The summed E-state index contributed by atoms with van der Waals surface area (Å²) < 4.78 is 32.7. The number of rotatable bonds is 7. The highest BCUT2D eigenvalue weighted by Gasteiger charge is 2.10. The van der Waals surface area contributed by atoms with Gasteiger partial charge in [0.15, 0.2) is 5.65 Å². The van der Waals surface area contributed by atoms with E-state index in [0.717, 1.165) is 28.3 Å². The van der Waals surface area contributed by atoms with Crippen molar-refractivity contribution < 1.29 is 13.5 Å². The molecule has 1 N–H and O–H groups in total. The third-order valence-corrected chi connectivity index (χ3v) is 5.16. The second kappa shape index (κ2) is 8.65. The number of halogens is 2. The number of hydrogen-bond donors (Lipinski definition) is 1. The maximum absolute atomic E-state index is 12.3. The van der Waals surface area contributed by atoms with Gasteiger partial charge in [0.25, 0.3) is 0 Å². The Morgan fingerprint density at radius 1 is 0.970 bits per heavy atom. The topological polar surface area (TPSA) is 82.2 Å². The highest BCUT2D eigenvalue weighted by molar-refractivity contribution is 5.70. The standard InChI is InChI=1S/C23H19F2N7O/c1-31-20(7-10-27-31)28-19-13-16(6-9-26-19)17-8-11-32-21(29-30-22(32)14-17)12-15-2-4-18(5-3-15)33-23(24)25/h2-11,13-14,23H,12H2,1H3,(H,26,28). The molecular weight excluding hydrogens is 428 g/mol. The number of fused-ring (bicyclic) bond motifs is 1. The van der Waals surface area contributed by atoms with Gasteiger partial charge in [0, 0.05) is 31.9 Å². The zero-order valence-corrected chi connectivity index (χ0v) is 17.6. The number of nitrogens with zero attached hydrogens (tertiary/aromatic N) is 6. The molecule has 10 heteroatoms. The molecule has 0 unspecified atom stereocenters. The molecule has 33 heavy (non-hydrogen) atoms. The van der Waals surface area contributed by atoms with E-state index in [0.29, 0.717) is 17.9 Å². The third kappa shape index (κ3) is 4.49. The van der Waals surface area contributed by atoms with Gasteiger partial charge in [-0.05, 0) is 53.1 Å². The largest absolute Gasteiger partial charge is 0.435 e. The van der Waals surface area contributed by atoms with Crippen LogP contribution in [0.4, 0.5) is 20.4 Å². The summed E-state index contributed by atoms with van der Waals surface area (Å²) in [6.45, 7) is -2.84. The van der Waals surface area contributed by atoms with E-state index in [1.165, 1.54) is 12.1 Å². The van der Waals surface area contributed by atoms with E-state index in [-0.39, 0.29) is 5.75 Å². The molecule has 0 saturated heterocycles. The molecule has 4 heterocycles. The van der Waals surface area contributed by atoms with Crippen LogP contribution in [0.5, 0.6) is 5.75 Å². The molecule has 0 bridgehead atoms. The van der Waals surface area contributed by atoms with Gasteiger partial charge in [-0.25, -0.2) is 4.98 Å². The highest BCUT2D eigenvalue weighted by atomic mass is 19.3. The van der Waals surface area contributed by atoms with Crippen LogP contribution in [0.15, 0.2) is 73.2 Å². The van der Waals surface area contributed by atoms with E-state index in [9.17, 15) is 8.78 Å². The van der Waals surface area contributed by atoms with Crippen molar-refractivity contribution in [2.24, 2.45) is 7.05 Å². The SMILES string of the molecule is Cn1nccc1Nc1cc(-c2ccn3c(Cc4ccc(OC(F)F)cc4)nnc3c2)ccn1. The fourth-order valence-corrected chi connectivity index (χ4v) is 3.52. The second-order valence-electron chi connectivity index (χ2n) is 7.35. The van der Waals surface area contributed by atoms with Crippen LogP contribution >= 0.6 is 0 Å². The summed E-state index contributed by atoms with van der Waals surface area (Å²) in [5.74, 6) is 2.41. The molecule has 0 fully saturated rings. The molecule has 5 rings (SSSR count). The number of anilines is 2. The molecule has 0 aliphatic heterocycles. The molecule has 1 aromatic carbocycles. The van der Waals surface area contributed by atoms with Crippen LogP contribution in [-0.2, 0) is 13.5 Å². The lowest BCUT2D eigenvalue weighted by Crippen LogP contribution is -2.02. The molecule has 4 aromatic heterocycles. The summed E-state index contributed by atoms with van der Waals surface area (Å²) in [6.07, 6.45) is 5.88. The van der Waals surface area contributed by atoms with Gasteiger partial charge < -0.3 is 10.1 Å². The van der Waals surface area contributed by atoms with E-state index in [2.05, 4.69) is 30.3 Å². The number of nitrogens with one attached hydrogen (secondary N) is 1. The maximum Gasteiger partial charge on any atom is 0.387 e. The Labute approximate surface area is 187 Å². The molecule has 0 aliphatic rings. The van der Waals surface area contributed by atoms with Gasteiger partial charge in [0.05, 0.1) is 6.20 Å². The van der Waals surface area contributed by atoms with Gasteiger partial charge in [0.2, 0.25) is 0 Å². The Kier molecular flexibility index (Phi) is 5.39. The number of benzene rings is 1. The van der Waals surface area contributed by atoms with E-state index >= 15 is 0 Å². The lowest BCUT2D eigenvalue weighted by molar-refractivity contribution is -0.0498. The van der Waals surface area contributed by atoms with Gasteiger partial charge in [-0.2, -0.15) is 13.9 Å². The van der Waals surface area contributed by atoms with Crippen molar-refractivity contribution in [2.45, 2.75) is 13.0 Å². The molecule has 5 aromatic rings. The van der Waals surface area contributed by atoms with Gasteiger partial charge in [-0.15, -0.1) is 10.2 Å². The summed E-state index contributed by atoms with van der Waals surface area (Å²) in [7, 11) is 1.86. The lowest BCUT2D eigenvalue weighted by Gasteiger charge is -2.08. The summed E-state index contributed by atoms with van der Waals surface area (Å²) in [5.41, 5.74) is 3.58. The van der Waals surface area contributed by atoms with Gasteiger partial charge in [-0.3, -0.25) is 9.08 Å². The first-order valence-electron chi connectivity index (χ1n) is 10.1. The van der Waals surface area contributed by atoms with Crippen LogP contribution in [0.25, 0.3) is 16.8 Å². The Hall–Kier alpha value is -4.34. The monoisotopic (exact) mass is 447 g/mol. The first-order valence-corrected chi connectivity index (χ1v) is 10.1. The van der Waals surface area contributed by atoms with E-state index in [4.69, 9.17) is 0 Å². The van der Waals surface area contributed by atoms with E-state index in [1.807, 2.05) is 48.0 Å². The molecule has 0 amide bonds. The fraction of sp³-hybridized carbons (Fsp3) is 0.130. The first-order chi connectivity index (χ1) is 16.0. The minimum Gasteiger partial charge on any atom is -0.435 e. The number of aryl methyl sites for hydroxylation is 1. The molecule has 0 radical (unpaired) electrons. The van der Waals surface area contributed by atoms with Gasteiger partial charge in [0.1, 0.15) is 23.2 Å². The fourth-order valence-electron chi connectivity index (χ4n) is 3.52. The Morgan fingerprint density at radius 3 is 2.55 bits per heavy atom. The van der Waals surface area contributed by atoms with Crippen LogP contribution in [0.3, 0.4) is 0 Å². The molecule has 166 valence electrons. The Morgan fingerprint density at radius 2 is 1.79 bits per heavy atom. The number of pyridine rings is 2. The van der Waals surface area contributed by atoms with Crippen LogP contribution in [0, 0.1) is 0 Å². The van der Waals surface area contributed by atoms with Crippen LogP contribution in [0.1, 0.15) is 11.4 Å². The minimum absolute atomic E-state index is 0.124. The summed E-state index contributed by atoms with van der Waals surface area (Å²) in [6, 6.07) is 16.2. The smallest absolute Gasteiger partial charge is 0.387 e. The molecule has 8 nitrogen and oxygen atoms in total. The zero-order valence-electron chi connectivity index (χ0n) is 17.6. The molecular formula is C23H19F2N7O. The molecule has 0 spiro atoms. The highest BCUT2D eigenvalue weighted by Crippen LogP contribution is 2.24. The van der Waals surface area contributed by atoms with Crippen molar-refractivity contribution in [3.63, 3.8) is 0 Å². The molecule has 0 atom stereocenters. The Balaban J connectivity index is 1.36. The van der Waals surface area contributed by atoms with Crippen molar-refractivity contribution in [1.29, 1.82) is 0 Å². The second-order valence-corrected chi connectivity index (χ2v) is 7.35. The van der Waals surface area contributed by atoms with Crippen LogP contribution in [-0.4, -0.2) is 36.0 Å². The molecule has 0 saturated carbocycles. The average Bonchev–Trinajstić information content (AvgIpc) is 3.40. The van der Waals surface area contributed by atoms with Crippen molar-refractivity contribution in [2.75, 3.05) is 5.32 Å². The van der Waals surface area contributed by atoms with E-state index in [1.54, 1.807) is 29.2 Å². The van der Waals surface area contributed by atoms with Crippen molar-refractivity contribution in [3.8, 4) is 16.9 Å². The van der Waals surface area contributed by atoms with Crippen molar-refractivity contribution >= 4 is 17.3 Å². The lowest BCUT2D eigenvalue weighted by atomic mass is 10.1.